The smallest absolute Gasteiger partial charge is 0.207 e. The fourth-order valence-corrected chi connectivity index (χ4v) is 4.86. The van der Waals surface area contributed by atoms with E-state index in [0.717, 1.165) is 18.7 Å². The zero-order chi connectivity index (χ0) is 14.0. The molecule has 0 aliphatic heterocycles. The number of sulfonamides is 1. The molecule has 2 rings (SSSR count). The van der Waals surface area contributed by atoms with Crippen molar-refractivity contribution in [2.45, 2.75) is 18.4 Å². The molecule has 0 aliphatic rings. The Hall–Kier alpha value is -0.210. The van der Waals surface area contributed by atoms with Gasteiger partial charge in [0.25, 0.3) is 0 Å². The number of halogens is 2. The van der Waals surface area contributed by atoms with E-state index in [1.165, 1.54) is 11.3 Å². The zero-order valence-electron chi connectivity index (χ0n) is 9.98. The first-order valence-electron chi connectivity index (χ1n) is 5.38. The van der Waals surface area contributed by atoms with E-state index in [9.17, 15) is 8.42 Å². The molecule has 102 valence electrons. The van der Waals surface area contributed by atoms with Gasteiger partial charge in [-0.25, -0.2) is 13.1 Å². The molecule has 0 spiro atoms. The molecule has 1 aromatic heterocycles. The predicted molar refractivity (Wildman–Crippen MR) is 84.9 cm³/mol. The quantitative estimate of drug-likeness (QED) is 0.804. The van der Waals surface area contributed by atoms with Gasteiger partial charge in [-0.3, -0.25) is 0 Å². The molecule has 0 unspecified atom stereocenters. The normalized spacial score (nSPS) is 11.7. The minimum Gasteiger partial charge on any atom is -0.207 e. The van der Waals surface area contributed by atoms with Crippen LogP contribution < -0.4 is 4.72 Å². The van der Waals surface area contributed by atoms with Crippen molar-refractivity contribution in [2.75, 3.05) is 0 Å². The van der Waals surface area contributed by atoms with Gasteiger partial charge < -0.3 is 0 Å². The predicted octanol–water partition coefficient (Wildman–Crippen LogP) is 4.06. The summed E-state index contributed by atoms with van der Waals surface area (Å²) in [5.41, 5.74) is 0.725. The third kappa shape index (κ3) is 3.88. The molecule has 0 atom stereocenters. The van der Waals surface area contributed by atoms with Crippen LogP contribution >= 0.6 is 43.2 Å². The summed E-state index contributed by atoms with van der Waals surface area (Å²) in [5.74, 6) is 0. The highest BCUT2D eigenvalue weighted by atomic mass is 79.9. The van der Waals surface area contributed by atoms with Crippen molar-refractivity contribution in [3.05, 3.63) is 49.0 Å². The molecule has 7 heteroatoms. The van der Waals surface area contributed by atoms with Crippen LogP contribution in [0.3, 0.4) is 0 Å². The van der Waals surface area contributed by atoms with Crippen LogP contribution in [0, 0.1) is 6.92 Å². The van der Waals surface area contributed by atoms with Gasteiger partial charge in [-0.1, -0.05) is 22.0 Å². The van der Waals surface area contributed by atoms with Crippen LogP contribution in [0.15, 0.2) is 43.5 Å². The van der Waals surface area contributed by atoms with Crippen molar-refractivity contribution >= 4 is 53.2 Å². The summed E-state index contributed by atoms with van der Waals surface area (Å²) in [4.78, 5) is 1.26. The molecule has 2 aromatic rings. The number of thiophene rings is 1. The second-order valence-corrected chi connectivity index (χ2v) is 9.14. The third-order valence-corrected chi connectivity index (χ3v) is 6.17. The zero-order valence-corrected chi connectivity index (χ0v) is 14.8. The van der Waals surface area contributed by atoms with Gasteiger partial charge in [0.2, 0.25) is 10.0 Å². The Balaban J connectivity index is 2.20. The Bertz CT molecular complexity index is 696. The molecule has 0 amide bonds. The Morgan fingerprint density at radius 2 is 1.95 bits per heavy atom. The highest BCUT2D eigenvalue weighted by molar-refractivity contribution is 9.11. The standard InChI is InChI=1S/C12H11Br2NO2S2/c1-8-2-3-9(13)6-11(8)19(16,17)15-7-10-4-5-12(14)18-10/h2-6,15H,7H2,1H3. The summed E-state index contributed by atoms with van der Waals surface area (Å²) in [5, 5.41) is 0. The average Bonchev–Trinajstić information content (AvgIpc) is 2.76. The number of aryl methyl sites for hydroxylation is 1. The van der Waals surface area contributed by atoms with Crippen molar-refractivity contribution in [3.63, 3.8) is 0 Å². The van der Waals surface area contributed by atoms with Gasteiger partial charge in [0, 0.05) is 15.9 Å². The van der Waals surface area contributed by atoms with E-state index >= 15 is 0 Å². The number of nitrogens with one attached hydrogen (secondary N) is 1. The van der Waals surface area contributed by atoms with E-state index in [0.29, 0.717) is 11.4 Å². The van der Waals surface area contributed by atoms with Gasteiger partial charge in [-0.2, -0.15) is 0 Å². The molecule has 0 saturated heterocycles. The van der Waals surface area contributed by atoms with Gasteiger partial charge in [0.05, 0.1) is 8.68 Å². The van der Waals surface area contributed by atoms with Crippen molar-refractivity contribution in [3.8, 4) is 0 Å². The fraction of sp³-hybridized carbons (Fsp3) is 0.167. The Morgan fingerprint density at radius 1 is 1.21 bits per heavy atom. The van der Waals surface area contributed by atoms with Crippen LogP contribution in [-0.2, 0) is 16.6 Å². The molecule has 3 nitrogen and oxygen atoms in total. The molecule has 0 radical (unpaired) electrons. The molecule has 0 aliphatic carbocycles. The number of benzene rings is 1. The molecule has 0 fully saturated rings. The molecular weight excluding hydrogens is 414 g/mol. The largest absolute Gasteiger partial charge is 0.241 e. The van der Waals surface area contributed by atoms with Crippen LogP contribution in [0.5, 0.6) is 0 Å². The highest BCUT2D eigenvalue weighted by Gasteiger charge is 2.17. The van der Waals surface area contributed by atoms with Crippen LogP contribution in [-0.4, -0.2) is 8.42 Å². The molecule has 19 heavy (non-hydrogen) atoms. The van der Waals surface area contributed by atoms with E-state index in [2.05, 4.69) is 36.6 Å². The molecule has 0 bridgehead atoms. The summed E-state index contributed by atoms with van der Waals surface area (Å²) in [7, 11) is -3.49. The van der Waals surface area contributed by atoms with Gasteiger partial charge in [-0.15, -0.1) is 11.3 Å². The molecular formula is C12H11Br2NO2S2. The van der Waals surface area contributed by atoms with Crippen LogP contribution in [0.4, 0.5) is 0 Å². The maximum absolute atomic E-state index is 12.2. The first-order valence-corrected chi connectivity index (χ1v) is 9.27. The lowest BCUT2D eigenvalue weighted by atomic mass is 10.2. The van der Waals surface area contributed by atoms with E-state index in [1.54, 1.807) is 19.1 Å². The van der Waals surface area contributed by atoms with E-state index in [-0.39, 0.29) is 0 Å². The van der Waals surface area contributed by atoms with E-state index < -0.39 is 10.0 Å². The van der Waals surface area contributed by atoms with E-state index in [1.807, 2.05) is 18.2 Å². The minimum absolute atomic E-state index is 0.296. The SMILES string of the molecule is Cc1ccc(Br)cc1S(=O)(=O)NCc1ccc(Br)s1. The van der Waals surface area contributed by atoms with Crippen LogP contribution in [0.2, 0.25) is 0 Å². The minimum atomic E-state index is -3.49. The number of hydrogen-bond donors (Lipinski definition) is 1. The summed E-state index contributed by atoms with van der Waals surface area (Å²) < 4.78 is 28.8. The van der Waals surface area contributed by atoms with Crippen molar-refractivity contribution in [2.24, 2.45) is 0 Å². The summed E-state index contributed by atoms with van der Waals surface area (Å²) >= 11 is 8.16. The topological polar surface area (TPSA) is 46.2 Å². The molecule has 1 aromatic carbocycles. The lowest BCUT2D eigenvalue weighted by Crippen LogP contribution is -2.23. The first-order chi connectivity index (χ1) is 8.88. The lowest BCUT2D eigenvalue weighted by Gasteiger charge is -2.09. The van der Waals surface area contributed by atoms with Crippen LogP contribution in [0.25, 0.3) is 0 Å². The third-order valence-electron chi connectivity index (χ3n) is 2.50. The fourth-order valence-electron chi connectivity index (χ4n) is 1.55. The van der Waals surface area contributed by atoms with Gasteiger partial charge in [-0.05, 0) is 52.7 Å². The second-order valence-electron chi connectivity index (χ2n) is 3.94. The average molecular weight is 425 g/mol. The van der Waals surface area contributed by atoms with Crippen molar-refractivity contribution < 1.29 is 8.42 Å². The Morgan fingerprint density at radius 3 is 2.58 bits per heavy atom. The lowest BCUT2D eigenvalue weighted by molar-refractivity contribution is 0.581. The van der Waals surface area contributed by atoms with Crippen molar-refractivity contribution in [1.29, 1.82) is 0 Å². The maximum atomic E-state index is 12.2. The molecule has 0 saturated carbocycles. The summed E-state index contributed by atoms with van der Waals surface area (Å²) in [6, 6.07) is 9.01. The monoisotopic (exact) mass is 423 g/mol. The summed E-state index contributed by atoms with van der Waals surface area (Å²) in [6.45, 7) is 2.08. The number of hydrogen-bond acceptors (Lipinski definition) is 3. The summed E-state index contributed by atoms with van der Waals surface area (Å²) in [6.07, 6.45) is 0. The van der Waals surface area contributed by atoms with Gasteiger partial charge in [0.1, 0.15) is 0 Å². The highest BCUT2D eigenvalue weighted by Crippen LogP contribution is 2.23. The molecule has 1 N–H and O–H groups in total. The van der Waals surface area contributed by atoms with Crippen molar-refractivity contribution in [1.82, 2.24) is 4.72 Å². The number of rotatable bonds is 4. The Kier molecular flexibility index (Phi) is 4.84. The van der Waals surface area contributed by atoms with Crippen LogP contribution in [0.1, 0.15) is 10.4 Å². The second kappa shape index (κ2) is 6.05. The van der Waals surface area contributed by atoms with E-state index in [4.69, 9.17) is 0 Å². The van der Waals surface area contributed by atoms with Gasteiger partial charge >= 0.3 is 0 Å². The first kappa shape index (κ1) is 15.2. The Labute approximate surface area is 133 Å². The van der Waals surface area contributed by atoms with Gasteiger partial charge in [0.15, 0.2) is 0 Å². The molecule has 1 heterocycles. The maximum Gasteiger partial charge on any atom is 0.241 e.